The van der Waals surface area contributed by atoms with Gasteiger partial charge in [-0.05, 0) is 39.5 Å². The summed E-state index contributed by atoms with van der Waals surface area (Å²) in [5.74, 6) is 0.476. The van der Waals surface area contributed by atoms with Gasteiger partial charge in [0.1, 0.15) is 0 Å². The minimum Gasteiger partial charge on any atom is -0.355 e. The number of piperidine rings is 1. The van der Waals surface area contributed by atoms with Gasteiger partial charge in [0.2, 0.25) is 5.91 Å². The van der Waals surface area contributed by atoms with Crippen molar-refractivity contribution < 1.29 is 4.79 Å². The first-order valence-corrected chi connectivity index (χ1v) is 5.91. The van der Waals surface area contributed by atoms with E-state index < -0.39 is 0 Å². The molecule has 2 N–H and O–H groups in total. The van der Waals surface area contributed by atoms with E-state index in [-0.39, 0.29) is 11.8 Å². The fourth-order valence-corrected chi connectivity index (χ4v) is 1.87. The van der Waals surface area contributed by atoms with Crippen molar-refractivity contribution in [2.75, 3.05) is 39.8 Å². The van der Waals surface area contributed by atoms with Crippen LogP contribution in [0.5, 0.6) is 0 Å². The topological polar surface area (TPSA) is 44.4 Å². The van der Waals surface area contributed by atoms with Crippen molar-refractivity contribution in [3.05, 3.63) is 0 Å². The minimum atomic E-state index is 0.237. The predicted molar refractivity (Wildman–Crippen MR) is 61.8 cm³/mol. The van der Waals surface area contributed by atoms with Crippen LogP contribution in [-0.2, 0) is 4.79 Å². The van der Waals surface area contributed by atoms with E-state index in [4.69, 9.17) is 0 Å². The zero-order chi connectivity index (χ0) is 11.1. The van der Waals surface area contributed by atoms with Crippen molar-refractivity contribution in [1.82, 2.24) is 15.5 Å². The summed E-state index contributed by atoms with van der Waals surface area (Å²) in [5, 5.41) is 6.17. The van der Waals surface area contributed by atoms with Gasteiger partial charge >= 0.3 is 0 Å². The van der Waals surface area contributed by atoms with E-state index in [0.29, 0.717) is 0 Å². The molecule has 1 aliphatic rings. The zero-order valence-electron chi connectivity index (χ0n) is 9.88. The Morgan fingerprint density at radius 2 is 2.00 bits per heavy atom. The third-order valence-corrected chi connectivity index (χ3v) is 2.94. The average molecular weight is 213 g/mol. The summed E-state index contributed by atoms with van der Waals surface area (Å²) >= 11 is 0. The molecular weight excluding hydrogens is 190 g/mol. The van der Waals surface area contributed by atoms with Gasteiger partial charge in [-0.3, -0.25) is 4.79 Å². The molecule has 1 rings (SSSR count). The molecule has 1 aliphatic heterocycles. The molecule has 88 valence electrons. The molecule has 4 heteroatoms. The standard InChI is InChI=1S/C11H23N3O/c1-3-12-6-7-13-11(15)10-4-8-14(2)9-5-10/h10,12H,3-9H2,1-2H3,(H,13,15). The quantitative estimate of drug-likeness (QED) is 0.635. The van der Waals surface area contributed by atoms with Gasteiger partial charge in [-0.2, -0.15) is 0 Å². The summed E-state index contributed by atoms with van der Waals surface area (Å²) in [5.41, 5.74) is 0. The van der Waals surface area contributed by atoms with E-state index in [1.165, 1.54) is 0 Å². The van der Waals surface area contributed by atoms with Crippen LogP contribution in [0, 0.1) is 5.92 Å². The third kappa shape index (κ3) is 4.62. The van der Waals surface area contributed by atoms with Crippen LogP contribution < -0.4 is 10.6 Å². The fraction of sp³-hybridized carbons (Fsp3) is 0.909. The Labute approximate surface area is 92.4 Å². The summed E-state index contributed by atoms with van der Waals surface area (Å²) in [6.07, 6.45) is 2.01. The van der Waals surface area contributed by atoms with Crippen molar-refractivity contribution in [2.45, 2.75) is 19.8 Å². The maximum Gasteiger partial charge on any atom is 0.223 e. The largest absolute Gasteiger partial charge is 0.355 e. The molecule has 15 heavy (non-hydrogen) atoms. The summed E-state index contributed by atoms with van der Waals surface area (Å²) in [4.78, 5) is 14.0. The monoisotopic (exact) mass is 213 g/mol. The van der Waals surface area contributed by atoms with E-state index in [1.54, 1.807) is 0 Å². The Morgan fingerprint density at radius 1 is 1.33 bits per heavy atom. The van der Waals surface area contributed by atoms with Crippen molar-refractivity contribution in [3.63, 3.8) is 0 Å². The Balaban J connectivity index is 2.11. The van der Waals surface area contributed by atoms with Crippen LogP contribution in [0.3, 0.4) is 0 Å². The molecule has 0 unspecified atom stereocenters. The highest BCUT2D eigenvalue weighted by Gasteiger charge is 2.22. The Bertz CT molecular complexity index is 188. The van der Waals surface area contributed by atoms with Gasteiger partial charge in [0.05, 0.1) is 0 Å². The number of likely N-dealkylation sites (tertiary alicyclic amines) is 1. The first-order chi connectivity index (χ1) is 7.24. The molecule has 1 amide bonds. The van der Waals surface area contributed by atoms with Crippen LogP contribution in [0.4, 0.5) is 0 Å². The van der Waals surface area contributed by atoms with E-state index in [1.807, 2.05) is 0 Å². The number of carbonyl (C=O) groups excluding carboxylic acids is 1. The molecule has 0 spiro atoms. The molecule has 0 aromatic rings. The van der Waals surface area contributed by atoms with Gasteiger partial charge in [0.15, 0.2) is 0 Å². The maximum absolute atomic E-state index is 11.7. The minimum absolute atomic E-state index is 0.237. The second-order valence-corrected chi connectivity index (χ2v) is 4.22. The molecule has 1 heterocycles. The molecule has 4 nitrogen and oxygen atoms in total. The van der Waals surface area contributed by atoms with E-state index in [2.05, 4.69) is 29.5 Å². The van der Waals surface area contributed by atoms with Crippen molar-refractivity contribution in [2.24, 2.45) is 5.92 Å². The van der Waals surface area contributed by atoms with E-state index in [0.717, 1.165) is 45.6 Å². The van der Waals surface area contributed by atoms with Gasteiger partial charge in [-0.1, -0.05) is 6.92 Å². The number of likely N-dealkylation sites (N-methyl/N-ethyl adjacent to an activating group) is 1. The molecule has 0 aliphatic carbocycles. The van der Waals surface area contributed by atoms with Crippen molar-refractivity contribution >= 4 is 5.91 Å². The highest BCUT2D eigenvalue weighted by molar-refractivity contribution is 5.78. The normalized spacial score (nSPS) is 19.1. The Kier molecular flexibility index (Phi) is 5.65. The highest BCUT2D eigenvalue weighted by atomic mass is 16.1. The van der Waals surface area contributed by atoms with Gasteiger partial charge < -0.3 is 15.5 Å². The van der Waals surface area contributed by atoms with E-state index in [9.17, 15) is 4.79 Å². The van der Waals surface area contributed by atoms with Crippen LogP contribution in [0.1, 0.15) is 19.8 Å². The summed E-state index contributed by atoms with van der Waals surface area (Å²) in [7, 11) is 2.11. The SMILES string of the molecule is CCNCCNC(=O)C1CCN(C)CC1. The molecule has 0 radical (unpaired) electrons. The number of hydrogen-bond acceptors (Lipinski definition) is 3. The first-order valence-electron chi connectivity index (χ1n) is 5.91. The molecule has 1 fully saturated rings. The lowest BCUT2D eigenvalue weighted by Gasteiger charge is -2.28. The number of carbonyl (C=O) groups is 1. The van der Waals surface area contributed by atoms with Gasteiger partial charge in [-0.15, -0.1) is 0 Å². The number of nitrogens with one attached hydrogen (secondary N) is 2. The molecule has 0 aromatic heterocycles. The van der Waals surface area contributed by atoms with Gasteiger partial charge in [0, 0.05) is 19.0 Å². The molecule has 0 aromatic carbocycles. The van der Waals surface area contributed by atoms with Crippen LogP contribution in [0.15, 0.2) is 0 Å². The number of nitrogens with zero attached hydrogens (tertiary/aromatic N) is 1. The highest BCUT2D eigenvalue weighted by Crippen LogP contribution is 2.15. The lowest BCUT2D eigenvalue weighted by Crippen LogP contribution is -2.40. The lowest BCUT2D eigenvalue weighted by molar-refractivity contribution is -0.126. The van der Waals surface area contributed by atoms with Crippen LogP contribution >= 0.6 is 0 Å². The van der Waals surface area contributed by atoms with Gasteiger partial charge in [-0.25, -0.2) is 0 Å². The molecule has 0 bridgehead atoms. The summed E-state index contributed by atoms with van der Waals surface area (Å²) in [6.45, 7) is 6.74. The van der Waals surface area contributed by atoms with Crippen LogP contribution in [0.25, 0.3) is 0 Å². The Morgan fingerprint density at radius 3 is 2.60 bits per heavy atom. The average Bonchev–Trinajstić information content (AvgIpc) is 2.25. The van der Waals surface area contributed by atoms with E-state index >= 15 is 0 Å². The first kappa shape index (κ1) is 12.5. The number of amides is 1. The molecular formula is C11H23N3O. The molecule has 0 atom stereocenters. The second-order valence-electron chi connectivity index (χ2n) is 4.22. The third-order valence-electron chi connectivity index (χ3n) is 2.94. The second kappa shape index (κ2) is 6.80. The smallest absolute Gasteiger partial charge is 0.223 e. The number of hydrogen-bond donors (Lipinski definition) is 2. The summed E-state index contributed by atoms with van der Waals surface area (Å²) < 4.78 is 0. The lowest BCUT2D eigenvalue weighted by atomic mass is 9.96. The van der Waals surface area contributed by atoms with Crippen LogP contribution in [0.2, 0.25) is 0 Å². The molecule has 0 saturated carbocycles. The fourth-order valence-electron chi connectivity index (χ4n) is 1.87. The Hall–Kier alpha value is -0.610. The maximum atomic E-state index is 11.7. The zero-order valence-corrected chi connectivity index (χ0v) is 9.88. The molecule has 1 saturated heterocycles. The summed E-state index contributed by atoms with van der Waals surface area (Å²) in [6, 6.07) is 0. The predicted octanol–water partition coefficient (Wildman–Crippen LogP) is 0.0539. The van der Waals surface area contributed by atoms with Crippen molar-refractivity contribution in [1.29, 1.82) is 0 Å². The van der Waals surface area contributed by atoms with Gasteiger partial charge in [0.25, 0.3) is 0 Å². The van der Waals surface area contributed by atoms with Crippen LogP contribution in [-0.4, -0.2) is 50.6 Å². The number of rotatable bonds is 5. The van der Waals surface area contributed by atoms with Crippen molar-refractivity contribution in [3.8, 4) is 0 Å².